The first-order valence-corrected chi connectivity index (χ1v) is 16.3. The van der Waals surface area contributed by atoms with Crippen molar-refractivity contribution in [3.05, 3.63) is 11.6 Å². The molecular formula is C28H47O12P. The van der Waals surface area contributed by atoms with Crippen LogP contribution in [-0.4, -0.2) is 88.3 Å². The van der Waals surface area contributed by atoms with E-state index in [1.54, 1.807) is 26.8 Å². The SMILES string of the molecule is CCOC(=O)C=C1CCC2(CC1)OCCO2.CCOC(=O)CP(=O)(OCC)OCC.O=C1CCC2(CC1)OCCO2. The van der Waals surface area contributed by atoms with Crippen molar-refractivity contribution in [2.45, 2.75) is 90.6 Å². The summed E-state index contributed by atoms with van der Waals surface area (Å²) in [6.07, 6.45) is 7.47. The summed E-state index contributed by atoms with van der Waals surface area (Å²) in [5, 5.41) is 0. The first-order chi connectivity index (χ1) is 19.6. The van der Waals surface area contributed by atoms with Crippen molar-refractivity contribution in [1.29, 1.82) is 0 Å². The molecule has 0 aromatic rings. The molecule has 0 atom stereocenters. The van der Waals surface area contributed by atoms with Gasteiger partial charge in [-0.15, -0.1) is 0 Å². The fourth-order valence-electron chi connectivity index (χ4n) is 4.81. The van der Waals surface area contributed by atoms with Gasteiger partial charge in [-0.05, 0) is 40.5 Å². The average Bonchev–Trinajstić information content (AvgIpc) is 3.59. The number of carbonyl (C=O) groups excluding carboxylic acids is 3. The summed E-state index contributed by atoms with van der Waals surface area (Å²) in [5.41, 5.74) is 1.14. The number of hydrogen-bond acceptors (Lipinski definition) is 12. The van der Waals surface area contributed by atoms with Crippen LogP contribution in [0.5, 0.6) is 0 Å². The zero-order chi connectivity index (χ0) is 30.2. The average molecular weight is 607 g/mol. The largest absolute Gasteiger partial charge is 0.466 e. The Labute approximate surface area is 243 Å². The summed E-state index contributed by atoms with van der Waals surface area (Å²) in [6, 6.07) is 0. The third kappa shape index (κ3) is 12.6. The van der Waals surface area contributed by atoms with Crippen molar-refractivity contribution in [2.24, 2.45) is 0 Å². The van der Waals surface area contributed by atoms with E-state index < -0.39 is 13.6 Å². The number of ether oxygens (including phenoxy) is 6. The smallest absolute Gasteiger partial charge is 0.341 e. The lowest BCUT2D eigenvalue weighted by molar-refractivity contribution is -0.179. The van der Waals surface area contributed by atoms with E-state index in [0.717, 1.165) is 44.1 Å². The number of carbonyl (C=O) groups is 3. The molecule has 236 valence electrons. The summed E-state index contributed by atoms with van der Waals surface area (Å²) in [7, 11) is -3.28. The van der Waals surface area contributed by atoms with Gasteiger partial charge < -0.3 is 37.5 Å². The van der Waals surface area contributed by atoms with Gasteiger partial charge in [-0.2, -0.15) is 0 Å². The van der Waals surface area contributed by atoms with Crippen LogP contribution in [0.2, 0.25) is 0 Å². The molecule has 0 aromatic carbocycles. The summed E-state index contributed by atoms with van der Waals surface area (Å²) in [5.74, 6) is -1.17. The Balaban J connectivity index is 0.000000219. The molecule has 4 aliphatic rings. The van der Waals surface area contributed by atoms with Crippen LogP contribution in [-0.2, 0) is 56.4 Å². The highest BCUT2D eigenvalue weighted by molar-refractivity contribution is 7.54. The van der Waals surface area contributed by atoms with Gasteiger partial charge in [-0.25, -0.2) is 4.79 Å². The maximum atomic E-state index is 11.8. The van der Waals surface area contributed by atoms with Gasteiger partial charge in [0.1, 0.15) is 11.9 Å². The lowest BCUT2D eigenvalue weighted by Crippen LogP contribution is -2.35. The highest BCUT2D eigenvalue weighted by Gasteiger charge is 2.40. The maximum absolute atomic E-state index is 11.8. The van der Waals surface area contributed by atoms with Crippen molar-refractivity contribution in [3.8, 4) is 0 Å². The second kappa shape index (κ2) is 18.1. The lowest BCUT2D eigenvalue weighted by atomic mass is 9.89. The van der Waals surface area contributed by atoms with Crippen LogP contribution in [0.4, 0.5) is 0 Å². The molecule has 0 radical (unpaired) electrons. The van der Waals surface area contributed by atoms with E-state index in [4.69, 9.17) is 32.7 Å². The van der Waals surface area contributed by atoms with Gasteiger partial charge in [0.25, 0.3) is 0 Å². The maximum Gasteiger partial charge on any atom is 0.341 e. The Morgan fingerprint density at radius 2 is 1.17 bits per heavy atom. The van der Waals surface area contributed by atoms with E-state index in [1.807, 2.05) is 6.92 Å². The first kappa shape index (κ1) is 35.5. The van der Waals surface area contributed by atoms with E-state index in [1.165, 1.54) is 0 Å². The molecule has 4 rings (SSSR count). The number of hydrogen-bond donors (Lipinski definition) is 0. The van der Waals surface area contributed by atoms with Gasteiger partial charge in [0.15, 0.2) is 11.6 Å². The van der Waals surface area contributed by atoms with E-state index in [9.17, 15) is 18.9 Å². The minimum Gasteiger partial charge on any atom is -0.466 e. The second-order valence-corrected chi connectivity index (χ2v) is 11.8. The summed E-state index contributed by atoms with van der Waals surface area (Å²) in [6.45, 7) is 10.8. The zero-order valence-electron chi connectivity index (χ0n) is 24.9. The van der Waals surface area contributed by atoms with Crippen LogP contribution in [0.3, 0.4) is 0 Å². The Morgan fingerprint density at radius 3 is 1.59 bits per heavy atom. The molecule has 2 spiro atoms. The van der Waals surface area contributed by atoms with Gasteiger partial charge >= 0.3 is 19.5 Å². The molecule has 0 aromatic heterocycles. The fraction of sp³-hybridized carbons (Fsp3) is 0.821. The topological polar surface area (TPSA) is 142 Å². The number of allylic oxidation sites excluding steroid dienone is 1. The zero-order valence-corrected chi connectivity index (χ0v) is 25.8. The van der Waals surface area contributed by atoms with Gasteiger partial charge in [0.05, 0.1) is 52.9 Å². The van der Waals surface area contributed by atoms with E-state index in [2.05, 4.69) is 4.74 Å². The highest BCUT2D eigenvalue weighted by Crippen LogP contribution is 2.47. The molecule has 0 unspecified atom stereocenters. The van der Waals surface area contributed by atoms with Crippen molar-refractivity contribution >= 4 is 25.3 Å². The number of rotatable bonds is 9. The molecule has 0 bridgehead atoms. The van der Waals surface area contributed by atoms with Crippen LogP contribution >= 0.6 is 7.60 Å². The Hall–Kier alpha value is -1.66. The van der Waals surface area contributed by atoms with Crippen molar-refractivity contribution in [2.75, 3.05) is 59.0 Å². The molecule has 2 heterocycles. The number of esters is 2. The van der Waals surface area contributed by atoms with Crippen molar-refractivity contribution in [3.63, 3.8) is 0 Å². The standard InChI is InChI=1S/C12H18O4.C8H17O5P.C8H12O3/c1-2-14-11(13)9-10-3-5-12(6-4-10)15-7-8-16-12;1-4-11-8(9)7-14(10,12-5-2)13-6-3;9-7-1-3-8(4-2-7)10-5-6-11-8/h9H,2-8H2,1H3;4-7H2,1-3H3;1-6H2. The fourth-order valence-corrected chi connectivity index (χ4v) is 6.27. The van der Waals surface area contributed by atoms with Crippen LogP contribution in [0.15, 0.2) is 11.6 Å². The van der Waals surface area contributed by atoms with Crippen molar-refractivity contribution < 1.29 is 56.4 Å². The number of ketones is 1. The van der Waals surface area contributed by atoms with Gasteiger partial charge in [0.2, 0.25) is 0 Å². The summed E-state index contributed by atoms with van der Waals surface area (Å²) >= 11 is 0. The lowest BCUT2D eigenvalue weighted by Gasteiger charge is -2.32. The first-order valence-electron chi connectivity index (χ1n) is 14.6. The minimum atomic E-state index is -3.28. The normalized spacial score (nSPS) is 21.0. The Morgan fingerprint density at radius 1 is 0.732 bits per heavy atom. The third-order valence-electron chi connectivity index (χ3n) is 6.74. The van der Waals surface area contributed by atoms with Crippen molar-refractivity contribution in [1.82, 2.24) is 0 Å². The van der Waals surface area contributed by atoms with E-state index in [0.29, 0.717) is 51.7 Å². The molecule has 13 heteroatoms. The number of Topliss-reactive ketones (excluding diaryl/α,β-unsaturated/α-hetero) is 1. The Bertz CT molecular complexity index is 872. The molecule has 2 aliphatic carbocycles. The minimum absolute atomic E-state index is 0.235. The van der Waals surface area contributed by atoms with E-state index in [-0.39, 0.29) is 43.5 Å². The molecule has 2 saturated carbocycles. The molecular weight excluding hydrogens is 559 g/mol. The van der Waals surface area contributed by atoms with Gasteiger partial charge in [-0.1, -0.05) is 5.57 Å². The summed E-state index contributed by atoms with van der Waals surface area (Å²) in [4.78, 5) is 33.2. The van der Waals surface area contributed by atoms with Gasteiger partial charge in [-0.3, -0.25) is 14.2 Å². The molecule has 4 fully saturated rings. The molecule has 2 aliphatic heterocycles. The second-order valence-electron chi connectivity index (χ2n) is 9.72. The summed E-state index contributed by atoms with van der Waals surface area (Å²) < 4.78 is 53.3. The van der Waals surface area contributed by atoms with Crippen LogP contribution in [0.1, 0.15) is 79.1 Å². The van der Waals surface area contributed by atoms with E-state index >= 15 is 0 Å². The van der Waals surface area contributed by atoms with Crippen LogP contribution in [0, 0.1) is 0 Å². The molecule has 12 nitrogen and oxygen atoms in total. The van der Waals surface area contributed by atoms with Crippen LogP contribution in [0.25, 0.3) is 0 Å². The molecule has 2 saturated heterocycles. The molecule has 0 amide bonds. The Kier molecular flexibility index (Phi) is 15.7. The quantitative estimate of drug-likeness (QED) is 0.207. The third-order valence-corrected chi connectivity index (χ3v) is 8.69. The molecule has 0 N–H and O–H groups in total. The predicted molar refractivity (Wildman–Crippen MR) is 148 cm³/mol. The van der Waals surface area contributed by atoms with Gasteiger partial charge in [0, 0.05) is 44.6 Å². The molecule has 41 heavy (non-hydrogen) atoms. The monoisotopic (exact) mass is 606 g/mol. The highest BCUT2D eigenvalue weighted by atomic mass is 31.2. The van der Waals surface area contributed by atoms with Crippen LogP contribution < -0.4 is 0 Å². The predicted octanol–water partition coefficient (Wildman–Crippen LogP) is 4.48.